The lowest BCUT2D eigenvalue weighted by atomic mass is 9.98. The van der Waals surface area contributed by atoms with Gasteiger partial charge in [-0.25, -0.2) is 4.79 Å². The molecule has 1 unspecified atom stereocenters. The number of amides is 2. The third-order valence-corrected chi connectivity index (χ3v) is 3.69. The van der Waals surface area contributed by atoms with Crippen LogP contribution in [0.2, 0.25) is 0 Å². The molecule has 2 saturated heterocycles. The van der Waals surface area contributed by atoms with E-state index in [1.807, 2.05) is 4.90 Å². The summed E-state index contributed by atoms with van der Waals surface area (Å²) in [5, 5.41) is 8.85. The first-order valence-electron chi connectivity index (χ1n) is 6.13. The number of likely N-dealkylation sites (tertiary alicyclic amines) is 2. The molecule has 2 heterocycles. The summed E-state index contributed by atoms with van der Waals surface area (Å²) in [4.78, 5) is 26.0. The normalized spacial score (nSPS) is 27.4. The van der Waals surface area contributed by atoms with Gasteiger partial charge < -0.3 is 20.6 Å². The van der Waals surface area contributed by atoms with Gasteiger partial charge in [0.2, 0.25) is 5.91 Å². The van der Waals surface area contributed by atoms with E-state index in [0.29, 0.717) is 13.1 Å². The van der Waals surface area contributed by atoms with Crippen molar-refractivity contribution in [2.75, 3.05) is 19.6 Å². The molecule has 2 amide bonds. The number of carbonyl (C=O) groups is 2. The summed E-state index contributed by atoms with van der Waals surface area (Å²) >= 11 is 0. The van der Waals surface area contributed by atoms with Gasteiger partial charge in [0.1, 0.15) is 0 Å². The summed E-state index contributed by atoms with van der Waals surface area (Å²) in [5.41, 5.74) is 5.76. The van der Waals surface area contributed by atoms with Gasteiger partial charge in [0.15, 0.2) is 0 Å². The number of nitrogens with two attached hydrogens (primary N) is 1. The van der Waals surface area contributed by atoms with Gasteiger partial charge in [-0.1, -0.05) is 0 Å². The molecule has 0 aromatic carbocycles. The summed E-state index contributed by atoms with van der Waals surface area (Å²) in [5.74, 6) is 0.0324. The van der Waals surface area contributed by atoms with E-state index in [1.54, 1.807) is 0 Å². The molecule has 6 nitrogen and oxygen atoms in total. The zero-order chi connectivity index (χ0) is 12.4. The second-order valence-corrected chi connectivity index (χ2v) is 4.78. The molecule has 0 aromatic heterocycles. The van der Waals surface area contributed by atoms with Crippen molar-refractivity contribution >= 4 is 12.0 Å². The molecule has 2 rings (SSSR count). The molecule has 2 aliphatic heterocycles. The average Bonchev–Trinajstić information content (AvgIpc) is 2.33. The highest BCUT2D eigenvalue weighted by Gasteiger charge is 2.33. The Labute approximate surface area is 100 Å². The van der Waals surface area contributed by atoms with E-state index in [2.05, 4.69) is 0 Å². The van der Waals surface area contributed by atoms with Crippen molar-refractivity contribution in [3.05, 3.63) is 0 Å². The van der Waals surface area contributed by atoms with E-state index in [0.717, 1.165) is 32.2 Å². The fourth-order valence-corrected chi connectivity index (χ4v) is 2.66. The standard InChI is InChI=1S/C11H19N3O3/c12-9-2-1-5-14(10(9)15)8-3-6-13(7-4-8)11(16)17/h8-9H,1-7,12H2,(H,16,17). The predicted octanol–water partition coefficient (Wildman–Crippen LogP) is 0.0785. The second kappa shape index (κ2) is 4.91. The van der Waals surface area contributed by atoms with E-state index in [1.165, 1.54) is 4.90 Å². The minimum Gasteiger partial charge on any atom is -0.465 e. The van der Waals surface area contributed by atoms with Gasteiger partial charge in [0, 0.05) is 25.7 Å². The first-order chi connectivity index (χ1) is 8.09. The van der Waals surface area contributed by atoms with E-state index in [-0.39, 0.29) is 18.0 Å². The van der Waals surface area contributed by atoms with Gasteiger partial charge >= 0.3 is 6.09 Å². The largest absolute Gasteiger partial charge is 0.465 e. The number of nitrogens with zero attached hydrogens (tertiary/aromatic N) is 2. The summed E-state index contributed by atoms with van der Waals surface area (Å²) in [6, 6.07) is -0.189. The van der Waals surface area contributed by atoms with Crippen LogP contribution in [-0.4, -0.2) is 58.6 Å². The number of carbonyl (C=O) groups excluding carboxylic acids is 1. The number of piperidine rings is 2. The third-order valence-electron chi connectivity index (χ3n) is 3.69. The molecule has 0 aromatic rings. The fraction of sp³-hybridized carbons (Fsp3) is 0.818. The van der Waals surface area contributed by atoms with Crippen molar-refractivity contribution in [3.8, 4) is 0 Å². The predicted molar refractivity (Wildman–Crippen MR) is 61.5 cm³/mol. The van der Waals surface area contributed by atoms with Crippen LogP contribution in [0.15, 0.2) is 0 Å². The van der Waals surface area contributed by atoms with Gasteiger partial charge in [0.05, 0.1) is 6.04 Å². The minimum absolute atomic E-state index is 0.0324. The lowest BCUT2D eigenvalue weighted by Crippen LogP contribution is -2.55. The van der Waals surface area contributed by atoms with Crippen molar-refractivity contribution in [2.45, 2.75) is 37.8 Å². The topological polar surface area (TPSA) is 86.9 Å². The Bertz CT molecular complexity index is 313. The van der Waals surface area contributed by atoms with Crippen molar-refractivity contribution in [3.63, 3.8) is 0 Å². The van der Waals surface area contributed by atoms with E-state index in [4.69, 9.17) is 10.8 Å². The van der Waals surface area contributed by atoms with Crippen LogP contribution in [0.1, 0.15) is 25.7 Å². The summed E-state index contributed by atoms with van der Waals surface area (Å²) < 4.78 is 0. The smallest absolute Gasteiger partial charge is 0.407 e. The molecule has 0 aliphatic carbocycles. The molecule has 3 N–H and O–H groups in total. The summed E-state index contributed by atoms with van der Waals surface area (Å²) in [7, 11) is 0. The highest BCUT2D eigenvalue weighted by molar-refractivity contribution is 5.82. The van der Waals surface area contributed by atoms with Gasteiger partial charge in [-0.15, -0.1) is 0 Å². The molecule has 6 heteroatoms. The fourth-order valence-electron chi connectivity index (χ4n) is 2.66. The molecular weight excluding hydrogens is 222 g/mol. The molecule has 0 radical (unpaired) electrons. The lowest BCUT2D eigenvalue weighted by Gasteiger charge is -2.40. The maximum Gasteiger partial charge on any atom is 0.407 e. The highest BCUT2D eigenvalue weighted by Crippen LogP contribution is 2.21. The Morgan fingerprint density at radius 3 is 2.47 bits per heavy atom. The van der Waals surface area contributed by atoms with Crippen LogP contribution in [0, 0.1) is 0 Å². The van der Waals surface area contributed by atoms with E-state index < -0.39 is 6.09 Å². The van der Waals surface area contributed by atoms with Gasteiger partial charge in [-0.05, 0) is 25.7 Å². The monoisotopic (exact) mass is 241 g/mol. The number of rotatable bonds is 1. The highest BCUT2D eigenvalue weighted by atomic mass is 16.4. The van der Waals surface area contributed by atoms with E-state index >= 15 is 0 Å². The van der Waals surface area contributed by atoms with Crippen LogP contribution in [-0.2, 0) is 4.79 Å². The van der Waals surface area contributed by atoms with Crippen LogP contribution in [0.3, 0.4) is 0 Å². The van der Waals surface area contributed by atoms with Crippen molar-refractivity contribution < 1.29 is 14.7 Å². The Kier molecular flexibility index (Phi) is 3.51. The first-order valence-corrected chi connectivity index (χ1v) is 6.13. The maximum absolute atomic E-state index is 11.9. The van der Waals surface area contributed by atoms with Crippen LogP contribution >= 0.6 is 0 Å². The Balaban J connectivity index is 1.92. The summed E-state index contributed by atoms with van der Waals surface area (Å²) in [6.07, 6.45) is 2.30. The number of hydrogen-bond acceptors (Lipinski definition) is 3. The molecule has 17 heavy (non-hydrogen) atoms. The zero-order valence-electron chi connectivity index (χ0n) is 9.84. The molecular formula is C11H19N3O3. The van der Waals surface area contributed by atoms with Gasteiger partial charge in [0.25, 0.3) is 0 Å². The molecule has 2 aliphatic rings. The second-order valence-electron chi connectivity index (χ2n) is 4.78. The van der Waals surface area contributed by atoms with Gasteiger partial charge in [-0.3, -0.25) is 4.79 Å². The average molecular weight is 241 g/mol. The lowest BCUT2D eigenvalue weighted by molar-refractivity contribution is -0.138. The Morgan fingerprint density at radius 2 is 1.88 bits per heavy atom. The zero-order valence-corrected chi connectivity index (χ0v) is 9.84. The molecule has 0 saturated carbocycles. The molecule has 96 valence electrons. The van der Waals surface area contributed by atoms with Crippen LogP contribution in [0.4, 0.5) is 4.79 Å². The maximum atomic E-state index is 11.9. The minimum atomic E-state index is -0.870. The van der Waals surface area contributed by atoms with Crippen molar-refractivity contribution in [1.82, 2.24) is 9.80 Å². The Hall–Kier alpha value is -1.30. The molecule has 2 fully saturated rings. The third kappa shape index (κ3) is 2.52. The van der Waals surface area contributed by atoms with Crippen LogP contribution in [0.25, 0.3) is 0 Å². The number of carboxylic acid groups (broad SMARTS) is 1. The van der Waals surface area contributed by atoms with Crippen molar-refractivity contribution in [1.29, 1.82) is 0 Å². The Morgan fingerprint density at radius 1 is 1.24 bits per heavy atom. The number of hydrogen-bond donors (Lipinski definition) is 2. The molecule has 0 bridgehead atoms. The quantitative estimate of drug-likeness (QED) is 0.680. The first kappa shape index (κ1) is 12.2. The SMILES string of the molecule is NC1CCCN(C2CCN(C(=O)O)CC2)C1=O. The van der Waals surface area contributed by atoms with Crippen LogP contribution in [0.5, 0.6) is 0 Å². The van der Waals surface area contributed by atoms with Gasteiger partial charge in [-0.2, -0.15) is 0 Å². The van der Waals surface area contributed by atoms with Crippen molar-refractivity contribution in [2.24, 2.45) is 5.73 Å². The molecule has 0 spiro atoms. The van der Waals surface area contributed by atoms with Crippen LogP contribution < -0.4 is 5.73 Å². The summed E-state index contributed by atoms with van der Waals surface area (Å²) in [6.45, 7) is 1.79. The van der Waals surface area contributed by atoms with E-state index in [9.17, 15) is 9.59 Å². The molecule has 1 atom stereocenters.